The molecular weight excluding hydrogens is 209 g/mol. The van der Waals surface area contributed by atoms with Gasteiger partial charge in [0.15, 0.2) is 5.78 Å². The molecule has 86 valence electrons. The van der Waals surface area contributed by atoms with Crippen LogP contribution in [-0.4, -0.2) is 16.5 Å². The molecule has 1 aliphatic rings. The summed E-state index contributed by atoms with van der Waals surface area (Å²) in [5.41, 5.74) is 5.75. The maximum absolute atomic E-state index is 13.4. The summed E-state index contributed by atoms with van der Waals surface area (Å²) in [6, 6.07) is 1.15. The summed E-state index contributed by atoms with van der Waals surface area (Å²) in [6.45, 7) is 3.09. The summed E-state index contributed by atoms with van der Waals surface area (Å²) in [6.07, 6.45) is 0.782. The van der Waals surface area contributed by atoms with Gasteiger partial charge in [-0.3, -0.25) is 4.79 Å². The molecule has 1 aromatic carbocycles. The van der Waals surface area contributed by atoms with Gasteiger partial charge in [0, 0.05) is 11.3 Å². The van der Waals surface area contributed by atoms with E-state index in [2.05, 4.69) is 0 Å². The minimum atomic E-state index is -1.38. The maximum Gasteiger partial charge on any atom is 0.196 e. The molecule has 1 aliphatic carbocycles. The van der Waals surface area contributed by atoms with E-state index in [9.17, 15) is 14.3 Å². The highest BCUT2D eigenvalue weighted by Gasteiger charge is 2.38. The van der Waals surface area contributed by atoms with Crippen molar-refractivity contribution < 1.29 is 14.3 Å². The van der Waals surface area contributed by atoms with Crippen molar-refractivity contribution >= 4 is 11.5 Å². The lowest BCUT2D eigenvalue weighted by Crippen LogP contribution is -2.40. The third-order valence-corrected chi connectivity index (χ3v) is 3.26. The van der Waals surface area contributed by atoms with Crippen LogP contribution in [0.5, 0.6) is 0 Å². The van der Waals surface area contributed by atoms with Crippen LogP contribution in [0.3, 0.4) is 0 Å². The Morgan fingerprint density at radius 2 is 2.19 bits per heavy atom. The zero-order chi connectivity index (χ0) is 12.1. The normalized spacial score (nSPS) is 24.4. The standard InChI is InChI=1S/C12H14FNO2/c1-6-7-3-4-12(2,16)11(15)10(7)9(14)5-8(6)13/h5,16H,3-4,14H2,1-2H3. The van der Waals surface area contributed by atoms with Crippen molar-refractivity contribution in [1.29, 1.82) is 0 Å². The summed E-state index contributed by atoms with van der Waals surface area (Å²) in [5.74, 6) is -0.806. The van der Waals surface area contributed by atoms with Crippen LogP contribution < -0.4 is 5.73 Å². The van der Waals surface area contributed by atoms with E-state index in [0.717, 1.165) is 6.07 Å². The van der Waals surface area contributed by atoms with E-state index >= 15 is 0 Å². The molecule has 0 heterocycles. The predicted octanol–water partition coefficient (Wildman–Crippen LogP) is 1.60. The number of hydrogen-bond donors (Lipinski definition) is 2. The molecule has 0 radical (unpaired) electrons. The second kappa shape index (κ2) is 3.28. The second-order valence-electron chi connectivity index (χ2n) is 4.53. The monoisotopic (exact) mass is 223 g/mol. The van der Waals surface area contributed by atoms with E-state index in [0.29, 0.717) is 24.0 Å². The van der Waals surface area contributed by atoms with E-state index in [1.807, 2.05) is 0 Å². The second-order valence-corrected chi connectivity index (χ2v) is 4.53. The Morgan fingerprint density at radius 3 is 2.81 bits per heavy atom. The Bertz CT molecular complexity index is 480. The van der Waals surface area contributed by atoms with Gasteiger partial charge in [-0.1, -0.05) is 0 Å². The topological polar surface area (TPSA) is 63.3 Å². The fourth-order valence-corrected chi connectivity index (χ4v) is 2.15. The average molecular weight is 223 g/mol. The number of Topliss-reactive ketones (excluding diaryl/α,β-unsaturated/α-hetero) is 1. The number of hydrogen-bond acceptors (Lipinski definition) is 3. The Labute approximate surface area is 93.1 Å². The van der Waals surface area contributed by atoms with Crippen LogP contribution >= 0.6 is 0 Å². The molecule has 0 aromatic heterocycles. The lowest BCUT2D eigenvalue weighted by atomic mass is 9.78. The van der Waals surface area contributed by atoms with Gasteiger partial charge in [-0.05, 0) is 43.9 Å². The van der Waals surface area contributed by atoms with Crippen molar-refractivity contribution in [1.82, 2.24) is 0 Å². The Kier molecular flexibility index (Phi) is 2.27. The molecule has 0 saturated carbocycles. The summed E-state index contributed by atoms with van der Waals surface area (Å²) in [4.78, 5) is 12.0. The van der Waals surface area contributed by atoms with Gasteiger partial charge in [-0.25, -0.2) is 4.39 Å². The van der Waals surface area contributed by atoms with Crippen molar-refractivity contribution in [3.63, 3.8) is 0 Å². The molecule has 0 spiro atoms. The van der Waals surface area contributed by atoms with Crippen molar-refractivity contribution in [2.24, 2.45) is 0 Å². The quantitative estimate of drug-likeness (QED) is 0.656. The first kappa shape index (κ1) is 11.1. The predicted molar refractivity (Wildman–Crippen MR) is 58.8 cm³/mol. The summed E-state index contributed by atoms with van der Waals surface area (Å²) < 4.78 is 13.4. The lowest BCUT2D eigenvalue weighted by Gasteiger charge is -2.30. The molecular formula is C12H14FNO2. The van der Waals surface area contributed by atoms with Crippen molar-refractivity contribution in [2.45, 2.75) is 32.3 Å². The number of aliphatic hydroxyl groups is 1. The molecule has 1 aromatic rings. The maximum atomic E-state index is 13.4. The summed E-state index contributed by atoms with van der Waals surface area (Å²) in [5, 5.41) is 9.88. The van der Waals surface area contributed by atoms with E-state index in [4.69, 9.17) is 5.73 Å². The van der Waals surface area contributed by atoms with Gasteiger partial charge in [-0.2, -0.15) is 0 Å². The molecule has 2 rings (SSSR count). The molecule has 0 amide bonds. The number of carbonyl (C=O) groups is 1. The molecule has 0 bridgehead atoms. The first-order valence-electron chi connectivity index (χ1n) is 5.19. The van der Waals surface area contributed by atoms with Crippen LogP contribution in [0.25, 0.3) is 0 Å². The van der Waals surface area contributed by atoms with E-state index in [1.165, 1.54) is 6.92 Å². The number of ketones is 1. The number of fused-ring (bicyclic) bond motifs is 1. The highest BCUT2D eigenvalue weighted by atomic mass is 19.1. The van der Waals surface area contributed by atoms with Crippen LogP contribution in [0, 0.1) is 12.7 Å². The third-order valence-electron chi connectivity index (χ3n) is 3.26. The summed E-state index contributed by atoms with van der Waals surface area (Å²) in [7, 11) is 0. The van der Waals surface area contributed by atoms with Crippen molar-refractivity contribution in [2.75, 3.05) is 5.73 Å². The summed E-state index contributed by atoms with van der Waals surface area (Å²) >= 11 is 0. The van der Waals surface area contributed by atoms with Gasteiger partial charge in [0.1, 0.15) is 11.4 Å². The number of benzene rings is 1. The Morgan fingerprint density at radius 1 is 1.56 bits per heavy atom. The van der Waals surface area contributed by atoms with Crippen LogP contribution in [0.4, 0.5) is 10.1 Å². The van der Waals surface area contributed by atoms with Gasteiger partial charge in [0.05, 0.1) is 0 Å². The van der Waals surface area contributed by atoms with E-state index < -0.39 is 17.2 Å². The fraction of sp³-hybridized carbons (Fsp3) is 0.417. The van der Waals surface area contributed by atoms with Gasteiger partial charge < -0.3 is 10.8 Å². The van der Waals surface area contributed by atoms with Crippen LogP contribution in [0.1, 0.15) is 34.8 Å². The number of nitrogens with two attached hydrogens (primary N) is 1. The zero-order valence-electron chi connectivity index (χ0n) is 9.30. The molecule has 4 heteroatoms. The molecule has 0 aliphatic heterocycles. The minimum absolute atomic E-state index is 0.114. The molecule has 3 nitrogen and oxygen atoms in total. The lowest BCUT2D eigenvalue weighted by molar-refractivity contribution is 0.0341. The van der Waals surface area contributed by atoms with E-state index in [1.54, 1.807) is 6.92 Å². The third kappa shape index (κ3) is 1.41. The molecule has 3 N–H and O–H groups in total. The molecule has 1 unspecified atom stereocenters. The highest BCUT2D eigenvalue weighted by Crippen LogP contribution is 2.34. The SMILES string of the molecule is Cc1c(F)cc(N)c2c1CCC(C)(O)C2=O. The molecule has 0 fully saturated rings. The first-order chi connectivity index (χ1) is 7.34. The van der Waals surface area contributed by atoms with Gasteiger partial charge in [0.2, 0.25) is 0 Å². The van der Waals surface area contributed by atoms with Crippen molar-refractivity contribution in [3.8, 4) is 0 Å². The fourth-order valence-electron chi connectivity index (χ4n) is 2.15. The number of anilines is 1. The minimum Gasteiger partial charge on any atom is -0.398 e. The average Bonchev–Trinajstić information content (AvgIpc) is 2.19. The number of carbonyl (C=O) groups excluding carboxylic acids is 1. The number of nitrogen functional groups attached to an aromatic ring is 1. The first-order valence-corrected chi connectivity index (χ1v) is 5.19. The largest absolute Gasteiger partial charge is 0.398 e. The molecule has 16 heavy (non-hydrogen) atoms. The Balaban J connectivity index is 2.70. The molecule has 1 atom stereocenters. The smallest absolute Gasteiger partial charge is 0.196 e. The van der Waals surface area contributed by atoms with Crippen LogP contribution in [-0.2, 0) is 6.42 Å². The highest BCUT2D eigenvalue weighted by molar-refractivity contribution is 6.08. The number of halogens is 1. The number of rotatable bonds is 0. The van der Waals surface area contributed by atoms with Crippen molar-refractivity contribution in [3.05, 3.63) is 28.6 Å². The Hall–Kier alpha value is -1.42. The molecule has 0 saturated heterocycles. The van der Waals surface area contributed by atoms with Crippen LogP contribution in [0.15, 0.2) is 6.07 Å². The van der Waals surface area contributed by atoms with Gasteiger partial charge in [-0.15, -0.1) is 0 Å². The van der Waals surface area contributed by atoms with E-state index in [-0.39, 0.29) is 11.3 Å². The zero-order valence-corrected chi connectivity index (χ0v) is 9.30. The van der Waals surface area contributed by atoms with Gasteiger partial charge >= 0.3 is 0 Å². The van der Waals surface area contributed by atoms with Gasteiger partial charge in [0.25, 0.3) is 0 Å². The van der Waals surface area contributed by atoms with Crippen LogP contribution in [0.2, 0.25) is 0 Å².